The summed E-state index contributed by atoms with van der Waals surface area (Å²) < 4.78 is 4.60. The van der Waals surface area contributed by atoms with Crippen LogP contribution in [0.1, 0.15) is 11.6 Å². The Balaban J connectivity index is 1.49. The molecule has 0 aliphatic carbocycles. The number of rotatable bonds is 3. The van der Waals surface area contributed by atoms with Crippen LogP contribution in [0.5, 0.6) is 0 Å². The highest BCUT2D eigenvalue weighted by Crippen LogP contribution is 2.43. The number of benzene rings is 7. The van der Waals surface area contributed by atoms with Crippen LogP contribution >= 0.6 is 0 Å². The SMILES string of the molecule is Cc1nc2ccccc2n1-c1cccc2c(-c3cccc4ccccc34)c3cccc(-n4c(C)nc5ccccc54)c3cc12. The fourth-order valence-electron chi connectivity index (χ4n) is 7.16. The largest absolute Gasteiger partial charge is 0.296 e. The molecule has 0 aliphatic heterocycles. The molecule has 0 saturated heterocycles. The Morgan fingerprint density at radius 3 is 1.52 bits per heavy atom. The molecule has 208 valence electrons. The van der Waals surface area contributed by atoms with Crippen molar-refractivity contribution < 1.29 is 0 Å². The highest BCUT2D eigenvalue weighted by molar-refractivity contribution is 6.19. The first-order valence-electron chi connectivity index (χ1n) is 15.0. The zero-order valence-electron chi connectivity index (χ0n) is 24.5. The van der Waals surface area contributed by atoms with Gasteiger partial charge in [-0.3, -0.25) is 9.13 Å². The van der Waals surface area contributed by atoms with Crippen molar-refractivity contribution in [3.05, 3.63) is 145 Å². The third kappa shape index (κ3) is 3.51. The molecule has 0 spiro atoms. The molecule has 7 aromatic carbocycles. The lowest BCUT2D eigenvalue weighted by molar-refractivity contribution is 1.01. The van der Waals surface area contributed by atoms with Crippen LogP contribution in [0.3, 0.4) is 0 Å². The smallest absolute Gasteiger partial charge is 0.111 e. The number of imidazole rings is 2. The predicted octanol–water partition coefficient (Wildman–Crippen LogP) is 10.1. The highest BCUT2D eigenvalue weighted by Gasteiger charge is 2.20. The van der Waals surface area contributed by atoms with Gasteiger partial charge >= 0.3 is 0 Å². The normalized spacial score (nSPS) is 11.9. The van der Waals surface area contributed by atoms with E-state index < -0.39 is 0 Å². The van der Waals surface area contributed by atoms with Crippen LogP contribution in [-0.4, -0.2) is 19.1 Å². The van der Waals surface area contributed by atoms with Gasteiger partial charge in [-0.05, 0) is 89.0 Å². The van der Waals surface area contributed by atoms with E-state index in [1.807, 2.05) is 0 Å². The molecule has 0 aliphatic rings. The minimum Gasteiger partial charge on any atom is -0.296 e. The zero-order valence-corrected chi connectivity index (χ0v) is 24.5. The summed E-state index contributed by atoms with van der Waals surface area (Å²) >= 11 is 0. The second-order valence-electron chi connectivity index (χ2n) is 11.5. The van der Waals surface area contributed by atoms with Crippen molar-refractivity contribution in [2.45, 2.75) is 13.8 Å². The third-order valence-electron chi connectivity index (χ3n) is 8.99. The van der Waals surface area contributed by atoms with Gasteiger partial charge in [0, 0.05) is 10.8 Å². The van der Waals surface area contributed by atoms with Gasteiger partial charge in [-0.2, -0.15) is 0 Å². The summed E-state index contributed by atoms with van der Waals surface area (Å²) in [4.78, 5) is 9.87. The Bertz CT molecular complexity index is 2440. The molecule has 0 radical (unpaired) electrons. The summed E-state index contributed by atoms with van der Waals surface area (Å²) in [6.07, 6.45) is 0. The molecule has 4 nitrogen and oxygen atoms in total. The molecule has 0 unspecified atom stereocenters. The van der Waals surface area contributed by atoms with Crippen molar-refractivity contribution in [3.8, 4) is 22.5 Å². The van der Waals surface area contributed by atoms with Gasteiger partial charge in [-0.25, -0.2) is 9.97 Å². The van der Waals surface area contributed by atoms with Crippen LogP contribution in [0.15, 0.2) is 133 Å². The maximum absolute atomic E-state index is 4.93. The maximum Gasteiger partial charge on any atom is 0.111 e. The zero-order chi connectivity index (χ0) is 29.4. The van der Waals surface area contributed by atoms with Gasteiger partial charge in [0.1, 0.15) is 11.6 Å². The average molecular weight is 565 g/mol. The number of hydrogen-bond acceptors (Lipinski definition) is 2. The summed E-state index contributed by atoms with van der Waals surface area (Å²) in [6, 6.07) is 47.9. The van der Waals surface area contributed by atoms with Crippen LogP contribution in [0, 0.1) is 13.8 Å². The second-order valence-corrected chi connectivity index (χ2v) is 11.5. The molecule has 0 amide bonds. The molecular formula is C40H28N4. The van der Waals surface area contributed by atoms with Gasteiger partial charge in [0.15, 0.2) is 0 Å². The lowest BCUT2D eigenvalue weighted by atomic mass is 9.88. The quantitative estimate of drug-likeness (QED) is 0.200. The molecule has 0 fully saturated rings. The molecule has 9 aromatic rings. The second kappa shape index (κ2) is 9.38. The molecule has 0 saturated carbocycles. The van der Waals surface area contributed by atoms with Gasteiger partial charge in [0.05, 0.1) is 33.4 Å². The van der Waals surface area contributed by atoms with Gasteiger partial charge in [0.2, 0.25) is 0 Å². The number of aryl methyl sites for hydroxylation is 2. The van der Waals surface area contributed by atoms with E-state index in [4.69, 9.17) is 9.97 Å². The van der Waals surface area contributed by atoms with Crippen molar-refractivity contribution in [1.82, 2.24) is 19.1 Å². The van der Waals surface area contributed by atoms with Crippen LogP contribution in [0.4, 0.5) is 0 Å². The highest BCUT2D eigenvalue weighted by atomic mass is 15.1. The third-order valence-corrected chi connectivity index (χ3v) is 8.99. The number of fused-ring (bicyclic) bond motifs is 5. The Hall–Kier alpha value is -5.74. The Morgan fingerprint density at radius 2 is 0.909 bits per heavy atom. The first-order valence-corrected chi connectivity index (χ1v) is 15.0. The summed E-state index contributed by atoms with van der Waals surface area (Å²) in [5.41, 5.74) is 8.92. The van der Waals surface area contributed by atoms with E-state index in [0.29, 0.717) is 0 Å². The van der Waals surface area contributed by atoms with Crippen molar-refractivity contribution in [3.63, 3.8) is 0 Å². The topological polar surface area (TPSA) is 35.6 Å². The van der Waals surface area contributed by atoms with E-state index in [1.165, 1.54) is 43.4 Å². The van der Waals surface area contributed by atoms with Crippen molar-refractivity contribution >= 4 is 54.4 Å². The number of nitrogens with zero attached hydrogens (tertiary/aromatic N) is 4. The monoisotopic (exact) mass is 564 g/mol. The van der Waals surface area contributed by atoms with E-state index >= 15 is 0 Å². The van der Waals surface area contributed by atoms with Gasteiger partial charge in [0.25, 0.3) is 0 Å². The minimum atomic E-state index is 0.968. The Kier molecular flexibility index (Phi) is 5.29. The summed E-state index contributed by atoms with van der Waals surface area (Å²) in [6.45, 7) is 4.19. The van der Waals surface area contributed by atoms with E-state index in [1.54, 1.807) is 0 Å². The molecule has 2 aromatic heterocycles. The fourth-order valence-corrected chi connectivity index (χ4v) is 7.16. The Labute approximate surface area is 254 Å². The van der Waals surface area contributed by atoms with Crippen LogP contribution < -0.4 is 0 Å². The van der Waals surface area contributed by atoms with E-state index in [-0.39, 0.29) is 0 Å². The van der Waals surface area contributed by atoms with E-state index in [9.17, 15) is 0 Å². The molecule has 0 atom stereocenters. The molecule has 0 N–H and O–H groups in total. The number of para-hydroxylation sites is 4. The molecule has 44 heavy (non-hydrogen) atoms. The molecular weight excluding hydrogens is 536 g/mol. The van der Waals surface area contributed by atoms with Gasteiger partial charge < -0.3 is 0 Å². The first kappa shape index (κ1) is 24.8. The van der Waals surface area contributed by atoms with Crippen LogP contribution in [-0.2, 0) is 0 Å². The molecule has 2 heterocycles. The van der Waals surface area contributed by atoms with Crippen molar-refractivity contribution in [2.75, 3.05) is 0 Å². The van der Waals surface area contributed by atoms with Gasteiger partial charge in [-0.15, -0.1) is 0 Å². The molecule has 0 bridgehead atoms. The molecule has 9 rings (SSSR count). The Morgan fingerprint density at radius 1 is 0.432 bits per heavy atom. The minimum absolute atomic E-state index is 0.968. The van der Waals surface area contributed by atoms with Crippen molar-refractivity contribution in [1.29, 1.82) is 0 Å². The van der Waals surface area contributed by atoms with Crippen LogP contribution in [0.2, 0.25) is 0 Å². The number of hydrogen-bond donors (Lipinski definition) is 0. The summed E-state index contributed by atoms with van der Waals surface area (Å²) in [7, 11) is 0. The standard InChI is InChI=1S/C40H28N4/c1-25-41-34-18-5-7-20-38(34)43(25)36-22-10-16-30-32(36)24-33-31(40(30)29-15-9-13-27-12-3-4-14-28(27)29)17-11-23-37(33)44-26(2)42-35-19-6-8-21-39(35)44/h3-24H,1-2H3. The summed E-state index contributed by atoms with van der Waals surface area (Å²) in [5.74, 6) is 1.94. The van der Waals surface area contributed by atoms with Crippen molar-refractivity contribution in [2.24, 2.45) is 0 Å². The van der Waals surface area contributed by atoms with E-state index in [0.717, 1.165) is 45.1 Å². The lowest BCUT2D eigenvalue weighted by Gasteiger charge is -2.20. The van der Waals surface area contributed by atoms with Crippen LogP contribution in [0.25, 0.3) is 76.9 Å². The number of aromatic nitrogens is 4. The average Bonchev–Trinajstić information content (AvgIpc) is 3.57. The lowest BCUT2D eigenvalue weighted by Crippen LogP contribution is -2.01. The first-order chi connectivity index (χ1) is 21.7. The predicted molar refractivity (Wildman–Crippen MR) is 183 cm³/mol. The van der Waals surface area contributed by atoms with E-state index in [2.05, 4.69) is 156 Å². The fraction of sp³-hybridized carbons (Fsp3) is 0.0500. The maximum atomic E-state index is 4.93. The summed E-state index contributed by atoms with van der Waals surface area (Å²) in [5, 5.41) is 7.27. The van der Waals surface area contributed by atoms with Gasteiger partial charge in [-0.1, -0.05) is 91.0 Å². The molecule has 4 heteroatoms.